The van der Waals surface area contributed by atoms with Gasteiger partial charge in [-0.1, -0.05) is 6.92 Å². The van der Waals surface area contributed by atoms with Crippen LogP contribution in [0.25, 0.3) is 0 Å². The summed E-state index contributed by atoms with van der Waals surface area (Å²) in [7, 11) is 0. The average molecular weight is 336 g/mol. The largest absolute Gasteiger partial charge is 0.325 e. The zero-order chi connectivity index (χ0) is 16.6. The summed E-state index contributed by atoms with van der Waals surface area (Å²) in [4.78, 5) is 42.0. The number of thiazole rings is 1. The SMILES string of the molecule is Cc1csc(NC(=O)CN2C(=O)NC3(CCC(C)CC3)C2=O)n1. The maximum absolute atomic E-state index is 12.6. The summed E-state index contributed by atoms with van der Waals surface area (Å²) in [5.41, 5.74) is 0.0114. The summed E-state index contributed by atoms with van der Waals surface area (Å²) < 4.78 is 0. The Morgan fingerprint density at radius 1 is 1.48 bits per heavy atom. The third-order valence-corrected chi connectivity index (χ3v) is 5.42. The molecule has 2 fully saturated rings. The van der Waals surface area contributed by atoms with Crippen molar-refractivity contribution in [1.29, 1.82) is 0 Å². The third-order valence-electron chi connectivity index (χ3n) is 4.54. The lowest BCUT2D eigenvalue weighted by Crippen LogP contribution is -2.49. The second kappa shape index (κ2) is 5.92. The standard InChI is InChI=1S/C15H20N4O3S/c1-9-3-5-15(6-4-9)12(21)19(14(22)18-15)7-11(20)17-13-16-10(2)8-23-13/h8-9H,3-7H2,1-2H3,(H,18,22)(H,16,17,20). The van der Waals surface area contributed by atoms with Crippen LogP contribution in [0.4, 0.5) is 9.93 Å². The van der Waals surface area contributed by atoms with Crippen LogP contribution >= 0.6 is 11.3 Å². The maximum atomic E-state index is 12.6. The highest BCUT2D eigenvalue weighted by Gasteiger charge is 2.52. The van der Waals surface area contributed by atoms with Crippen molar-refractivity contribution < 1.29 is 14.4 Å². The van der Waals surface area contributed by atoms with Crippen molar-refractivity contribution in [2.75, 3.05) is 11.9 Å². The van der Waals surface area contributed by atoms with Crippen molar-refractivity contribution in [2.45, 2.75) is 45.1 Å². The van der Waals surface area contributed by atoms with Crippen LogP contribution in [0.5, 0.6) is 0 Å². The first kappa shape index (κ1) is 15.9. The van der Waals surface area contributed by atoms with E-state index in [-0.39, 0.29) is 12.5 Å². The molecule has 1 spiro atoms. The number of urea groups is 1. The van der Waals surface area contributed by atoms with E-state index >= 15 is 0 Å². The van der Waals surface area contributed by atoms with E-state index in [1.54, 1.807) is 0 Å². The Morgan fingerprint density at radius 3 is 2.78 bits per heavy atom. The summed E-state index contributed by atoms with van der Waals surface area (Å²) in [5, 5.41) is 7.73. The molecular formula is C15H20N4O3S. The van der Waals surface area contributed by atoms with Crippen LogP contribution in [0, 0.1) is 12.8 Å². The van der Waals surface area contributed by atoms with E-state index in [1.165, 1.54) is 11.3 Å². The fourth-order valence-corrected chi connectivity index (χ4v) is 3.83. The topological polar surface area (TPSA) is 91.4 Å². The molecule has 1 aliphatic heterocycles. The smallest absolute Gasteiger partial charge is 0.323 e. The van der Waals surface area contributed by atoms with Gasteiger partial charge in [0.25, 0.3) is 5.91 Å². The van der Waals surface area contributed by atoms with Crippen LogP contribution in [0.15, 0.2) is 5.38 Å². The van der Waals surface area contributed by atoms with Crippen LogP contribution in [-0.4, -0.2) is 39.8 Å². The highest BCUT2D eigenvalue weighted by molar-refractivity contribution is 7.13. The van der Waals surface area contributed by atoms with E-state index in [0.29, 0.717) is 23.9 Å². The number of aromatic nitrogens is 1. The van der Waals surface area contributed by atoms with Crippen molar-refractivity contribution in [3.63, 3.8) is 0 Å². The monoisotopic (exact) mass is 336 g/mol. The first-order valence-corrected chi connectivity index (χ1v) is 8.64. The van der Waals surface area contributed by atoms with Gasteiger partial charge in [0.05, 0.1) is 5.69 Å². The molecule has 2 heterocycles. The molecule has 1 aromatic rings. The third kappa shape index (κ3) is 3.08. The van der Waals surface area contributed by atoms with Gasteiger partial charge in [0.2, 0.25) is 5.91 Å². The van der Waals surface area contributed by atoms with Gasteiger partial charge in [-0.05, 0) is 38.5 Å². The van der Waals surface area contributed by atoms with Crippen molar-refractivity contribution >= 4 is 34.3 Å². The Bertz CT molecular complexity index is 649. The molecule has 8 heteroatoms. The van der Waals surface area contributed by atoms with Crippen LogP contribution in [-0.2, 0) is 9.59 Å². The number of amides is 4. The summed E-state index contributed by atoms with van der Waals surface area (Å²) >= 11 is 1.31. The zero-order valence-corrected chi connectivity index (χ0v) is 14.0. The van der Waals surface area contributed by atoms with Crippen LogP contribution in [0.1, 0.15) is 38.3 Å². The number of imide groups is 1. The molecule has 23 heavy (non-hydrogen) atoms. The zero-order valence-electron chi connectivity index (χ0n) is 13.2. The molecule has 0 atom stereocenters. The molecule has 1 saturated carbocycles. The number of carbonyl (C=O) groups excluding carboxylic acids is 3. The fourth-order valence-electron chi connectivity index (χ4n) is 3.13. The lowest BCUT2D eigenvalue weighted by atomic mass is 9.77. The molecule has 3 rings (SSSR count). The van der Waals surface area contributed by atoms with E-state index in [0.717, 1.165) is 23.4 Å². The maximum Gasteiger partial charge on any atom is 0.325 e. The molecule has 1 saturated heterocycles. The predicted molar refractivity (Wildman–Crippen MR) is 86.1 cm³/mol. The Kier molecular flexibility index (Phi) is 4.09. The van der Waals surface area contributed by atoms with Crippen molar-refractivity contribution in [3.05, 3.63) is 11.1 Å². The predicted octanol–water partition coefficient (Wildman–Crippen LogP) is 1.89. The second-order valence-electron chi connectivity index (χ2n) is 6.43. The molecule has 0 unspecified atom stereocenters. The lowest BCUT2D eigenvalue weighted by molar-refractivity contribution is -0.135. The molecule has 4 amide bonds. The Labute approximate surface area is 138 Å². The second-order valence-corrected chi connectivity index (χ2v) is 7.29. The first-order chi connectivity index (χ1) is 10.9. The van der Waals surface area contributed by atoms with E-state index in [1.807, 2.05) is 12.3 Å². The number of carbonyl (C=O) groups is 3. The van der Waals surface area contributed by atoms with Gasteiger partial charge in [-0.25, -0.2) is 9.78 Å². The van der Waals surface area contributed by atoms with Crippen LogP contribution in [0.2, 0.25) is 0 Å². The molecule has 1 aliphatic carbocycles. The number of anilines is 1. The quantitative estimate of drug-likeness (QED) is 0.825. The number of hydrogen-bond acceptors (Lipinski definition) is 5. The van der Waals surface area contributed by atoms with Gasteiger partial charge < -0.3 is 10.6 Å². The molecule has 0 bridgehead atoms. The number of nitrogens with zero attached hydrogens (tertiary/aromatic N) is 2. The minimum atomic E-state index is -0.804. The van der Waals surface area contributed by atoms with Gasteiger partial charge in [-0.2, -0.15) is 0 Å². The van der Waals surface area contributed by atoms with Gasteiger partial charge in [0.15, 0.2) is 5.13 Å². The minimum Gasteiger partial charge on any atom is -0.323 e. The van der Waals surface area contributed by atoms with E-state index in [2.05, 4.69) is 22.5 Å². The minimum absolute atomic E-state index is 0.277. The number of rotatable bonds is 3. The highest BCUT2D eigenvalue weighted by Crippen LogP contribution is 2.36. The van der Waals surface area contributed by atoms with E-state index in [4.69, 9.17) is 0 Å². The number of nitrogens with one attached hydrogen (secondary N) is 2. The van der Waals surface area contributed by atoms with Crippen LogP contribution < -0.4 is 10.6 Å². The van der Waals surface area contributed by atoms with E-state index in [9.17, 15) is 14.4 Å². The first-order valence-electron chi connectivity index (χ1n) is 7.76. The highest BCUT2D eigenvalue weighted by atomic mass is 32.1. The Morgan fingerprint density at radius 2 is 2.17 bits per heavy atom. The van der Waals surface area contributed by atoms with Gasteiger partial charge in [-0.15, -0.1) is 11.3 Å². The Balaban J connectivity index is 1.65. The molecule has 124 valence electrons. The molecule has 2 N–H and O–H groups in total. The molecule has 0 aromatic carbocycles. The fraction of sp³-hybridized carbons (Fsp3) is 0.600. The summed E-state index contributed by atoms with van der Waals surface area (Å²) in [6, 6.07) is -0.477. The van der Waals surface area contributed by atoms with Gasteiger partial charge in [0.1, 0.15) is 12.1 Å². The Hall–Kier alpha value is -1.96. The van der Waals surface area contributed by atoms with Gasteiger partial charge in [-0.3, -0.25) is 14.5 Å². The van der Waals surface area contributed by atoms with Crippen molar-refractivity contribution in [1.82, 2.24) is 15.2 Å². The summed E-state index contributed by atoms with van der Waals surface area (Å²) in [6.45, 7) is 3.70. The lowest BCUT2D eigenvalue weighted by Gasteiger charge is -2.33. The molecule has 2 aliphatic rings. The van der Waals surface area contributed by atoms with Crippen molar-refractivity contribution in [2.24, 2.45) is 5.92 Å². The number of hydrogen-bond donors (Lipinski definition) is 2. The molecule has 1 aromatic heterocycles. The number of aryl methyl sites for hydroxylation is 1. The normalized spacial score (nSPS) is 27.4. The van der Waals surface area contributed by atoms with Crippen molar-refractivity contribution in [3.8, 4) is 0 Å². The average Bonchev–Trinajstić information content (AvgIpc) is 3.00. The summed E-state index contributed by atoms with van der Waals surface area (Å²) in [5.74, 6) is -0.125. The van der Waals surface area contributed by atoms with Gasteiger partial charge >= 0.3 is 6.03 Å². The molecule has 7 nitrogen and oxygen atoms in total. The summed E-state index contributed by atoms with van der Waals surface area (Å²) in [6.07, 6.45) is 3.10. The van der Waals surface area contributed by atoms with Gasteiger partial charge in [0, 0.05) is 5.38 Å². The van der Waals surface area contributed by atoms with Crippen LogP contribution in [0.3, 0.4) is 0 Å². The molecular weight excluding hydrogens is 316 g/mol. The van der Waals surface area contributed by atoms with E-state index < -0.39 is 17.5 Å². The molecule has 0 radical (unpaired) electrons.